The fourth-order valence-electron chi connectivity index (χ4n) is 2.52. The van der Waals surface area contributed by atoms with Gasteiger partial charge in [0.1, 0.15) is 6.33 Å². The quantitative estimate of drug-likeness (QED) is 0.907. The van der Waals surface area contributed by atoms with Gasteiger partial charge in [-0.25, -0.2) is 14.8 Å². The van der Waals surface area contributed by atoms with Gasteiger partial charge in [0.05, 0.1) is 12.2 Å². The van der Waals surface area contributed by atoms with Crippen LogP contribution in [0.15, 0.2) is 6.33 Å². The average molecular weight is 320 g/mol. The number of carbonyl (C=O) groups is 1. The van der Waals surface area contributed by atoms with Gasteiger partial charge in [-0.3, -0.25) is 10.00 Å². The smallest absolute Gasteiger partial charge is 0.321 e. The highest BCUT2D eigenvalue weighted by atomic mass is 32.1. The van der Waals surface area contributed by atoms with Gasteiger partial charge in [-0.15, -0.1) is 11.3 Å². The highest BCUT2D eigenvalue weighted by molar-refractivity contribution is 7.15. The fourth-order valence-corrected chi connectivity index (χ4v) is 3.78. The van der Waals surface area contributed by atoms with E-state index in [1.54, 1.807) is 29.4 Å². The van der Waals surface area contributed by atoms with E-state index in [2.05, 4.69) is 39.5 Å². The predicted molar refractivity (Wildman–Crippen MR) is 84.8 cm³/mol. The van der Waals surface area contributed by atoms with Crippen LogP contribution in [0.1, 0.15) is 36.7 Å². The number of thiazole rings is 1. The van der Waals surface area contributed by atoms with Crippen molar-refractivity contribution >= 4 is 22.5 Å². The van der Waals surface area contributed by atoms with E-state index in [0.29, 0.717) is 22.9 Å². The molecule has 0 aliphatic heterocycles. The number of aryl methyl sites for hydroxylation is 2. The zero-order chi connectivity index (χ0) is 15.7. The van der Waals surface area contributed by atoms with Gasteiger partial charge >= 0.3 is 6.03 Å². The highest BCUT2D eigenvalue weighted by Gasteiger charge is 2.28. The van der Waals surface area contributed by atoms with Crippen molar-refractivity contribution in [3.63, 3.8) is 0 Å². The summed E-state index contributed by atoms with van der Waals surface area (Å²) in [7, 11) is 1.79. The van der Waals surface area contributed by atoms with Crippen molar-refractivity contribution in [1.82, 2.24) is 25.1 Å². The molecule has 3 rings (SSSR count). The van der Waals surface area contributed by atoms with Crippen LogP contribution in [0.5, 0.6) is 0 Å². The van der Waals surface area contributed by atoms with Crippen LogP contribution in [0.3, 0.4) is 0 Å². The van der Waals surface area contributed by atoms with Crippen molar-refractivity contribution in [2.75, 3.05) is 5.32 Å². The molecule has 1 aliphatic carbocycles. The van der Waals surface area contributed by atoms with Gasteiger partial charge in [-0.2, -0.15) is 5.10 Å². The summed E-state index contributed by atoms with van der Waals surface area (Å²) in [5.74, 6) is 0.581. The molecule has 2 heterocycles. The number of nitrogens with zero attached hydrogens (tertiary/aromatic N) is 4. The van der Waals surface area contributed by atoms with Crippen LogP contribution in [0, 0.1) is 5.41 Å². The number of fused-ring (bicyclic) bond motifs is 1. The third kappa shape index (κ3) is 3.44. The molecule has 2 amide bonds. The first-order chi connectivity index (χ1) is 10.4. The van der Waals surface area contributed by atoms with Gasteiger partial charge in [0.25, 0.3) is 0 Å². The van der Waals surface area contributed by atoms with E-state index < -0.39 is 0 Å². The van der Waals surface area contributed by atoms with Crippen LogP contribution in [0.2, 0.25) is 0 Å². The first-order valence-corrected chi connectivity index (χ1v) is 8.11. The summed E-state index contributed by atoms with van der Waals surface area (Å²) in [6.45, 7) is 4.84. The minimum atomic E-state index is -0.280. The molecule has 2 aromatic rings. The maximum Gasteiger partial charge on any atom is 0.321 e. The molecule has 0 saturated heterocycles. The Hall–Kier alpha value is -1.96. The maximum absolute atomic E-state index is 11.9. The maximum atomic E-state index is 11.9. The molecule has 0 spiro atoms. The van der Waals surface area contributed by atoms with E-state index in [9.17, 15) is 4.79 Å². The second kappa shape index (κ2) is 5.68. The van der Waals surface area contributed by atoms with Crippen LogP contribution in [-0.4, -0.2) is 25.8 Å². The molecule has 0 radical (unpaired) electrons. The van der Waals surface area contributed by atoms with E-state index >= 15 is 0 Å². The lowest BCUT2D eigenvalue weighted by Gasteiger charge is -2.28. The Bertz CT molecular complexity index is 689. The highest BCUT2D eigenvalue weighted by Crippen LogP contribution is 2.38. The van der Waals surface area contributed by atoms with Gasteiger partial charge in [-0.05, 0) is 24.7 Å². The number of aromatic nitrogens is 4. The second-order valence-electron chi connectivity index (χ2n) is 6.37. The molecular weight excluding hydrogens is 300 g/mol. The van der Waals surface area contributed by atoms with Gasteiger partial charge in [0, 0.05) is 11.9 Å². The van der Waals surface area contributed by atoms with E-state index in [-0.39, 0.29) is 6.03 Å². The number of amides is 2. The zero-order valence-corrected chi connectivity index (χ0v) is 13.8. The van der Waals surface area contributed by atoms with Crippen molar-refractivity contribution < 1.29 is 4.79 Å². The largest absolute Gasteiger partial charge is 0.330 e. The summed E-state index contributed by atoms with van der Waals surface area (Å²) in [5.41, 5.74) is 1.45. The molecule has 2 aromatic heterocycles. The number of urea groups is 1. The molecule has 7 nitrogen and oxygen atoms in total. The molecule has 1 aliphatic rings. The Morgan fingerprint density at radius 3 is 3.05 bits per heavy atom. The lowest BCUT2D eigenvalue weighted by atomic mass is 9.79. The minimum Gasteiger partial charge on any atom is -0.330 e. The van der Waals surface area contributed by atoms with E-state index in [4.69, 9.17) is 0 Å². The number of hydrogen-bond acceptors (Lipinski definition) is 5. The lowest BCUT2D eigenvalue weighted by molar-refractivity contribution is 0.251. The Kier molecular flexibility index (Phi) is 3.86. The molecule has 118 valence electrons. The number of hydrogen-bond donors (Lipinski definition) is 2. The van der Waals surface area contributed by atoms with Gasteiger partial charge < -0.3 is 5.32 Å². The SMILES string of the molecule is Cn1cnc(CNC(=O)Nc2nc3c(s2)CC(C)(C)CC3)n1. The number of anilines is 1. The molecule has 8 heteroatoms. The first kappa shape index (κ1) is 15.0. The summed E-state index contributed by atoms with van der Waals surface area (Å²) >= 11 is 1.57. The summed E-state index contributed by atoms with van der Waals surface area (Å²) < 4.78 is 1.60. The summed E-state index contributed by atoms with van der Waals surface area (Å²) in [6.07, 6.45) is 4.76. The minimum absolute atomic E-state index is 0.280. The van der Waals surface area contributed by atoms with Gasteiger partial charge in [0.2, 0.25) is 0 Å². The van der Waals surface area contributed by atoms with Crippen LogP contribution < -0.4 is 10.6 Å². The predicted octanol–water partition coefficient (Wildman–Crippen LogP) is 2.11. The van der Waals surface area contributed by atoms with Crippen molar-refractivity contribution in [3.8, 4) is 0 Å². The molecular formula is C14H20N6OS. The standard InChI is InChI=1S/C14H20N6OS/c1-14(2)5-4-9-10(6-14)22-13(17-9)18-12(21)15-7-11-16-8-20(3)19-11/h8H,4-7H2,1-3H3,(H2,15,17,18,21). The second-order valence-corrected chi connectivity index (χ2v) is 7.46. The summed E-state index contributed by atoms with van der Waals surface area (Å²) in [5, 5.41) is 10.3. The molecule has 0 bridgehead atoms. The summed E-state index contributed by atoms with van der Waals surface area (Å²) in [6, 6.07) is -0.280. The fraction of sp³-hybridized carbons (Fsp3) is 0.571. The van der Waals surface area contributed by atoms with Crippen LogP contribution >= 0.6 is 11.3 Å². The monoisotopic (exact) mass is 320 g/mol. The van der Waals surface area contributed by atoms with Crippen LogP contribution in [-0.2, 0) is 26.4 Å². The van der Waals surface area contributed by atoms with Crippen LogP contribution in [0.25, 0.3) is 0 Å². The first-order valence-electron chi connectivity index (χ1n) is 7.29. The molecule has 0 atom stereocenters. The van der Waals surface area contributed by atoms with Crippen molar-refractivity contribution in [2.45, 2.75) is 39.7 Å². The zero-order valence-electron chi connectivity index (χ0n) is 13.0. The Balaban J connectivity index is 1.57. The van der Waals surface area contributed by atoms with Crippen molar-refractivity contribution in [1.29, 1.82) is 0 Å². The van der Waals surface area contributed by atoms with Crippen LogP contribution in [0.4, 0.5) is 9.93 Å². The van der Waals surface area contributed by atoms with E-state index in [0.717, 1.165) is 25.0 Å². The van der Waals surface area contributed by atoms with E-state index in [1.165, 1.54) is 4.88 Å². The average Bonchev–Trinajstić information content (AvgIpc) is 3.00. The number of carbonyl (C=O) groups excluding carboxylic acids is 1. The third-order valence-corrected chi connectivity index (χ3v) is 4.74. The molecule has 2 N–H and O–H groups in total. The Morgan fingerprint density at radius 2 is 2.32 bits per heavy atom. The van der Waals surface area contributed by atoms with Crippen molar-refractivity contribution in [3.05, 3.63) is 22.7 Å². The third-order valence-electron chi connectivity index (χ3n) is 3.73. The van der Waals surface area contributed by atoms with Gasteiger partial charge in [0.15, 0.2) is 11.0 Å². The Morgan fingerprint density at radius 1 is 1.50 bits per heavy atom. The summed E-state index contributed by atoms with van der Waals surface area (Å²) in [4.78, 5) is 21.8. The lowest BCUT2D eigenvalue weighted by Crippen LogP contribution is -2.28. The molecule has 0 unspecified atom stereocenters. The van der Waals surface area contributed by atoms with Gasteiger partial charge in [-0.1, -0.05) is 13.8 Å². The molecule has 0 saturated carbocycles. The Labute approximate surface area is 133 Å². The normalized spacial score (nSPS) is 16.1. The van der Waals surface area contributed by atoms with E-state index in [1.807, 2.05) is 0 Å². The number of nitrogens with one attached hydrogen (secondary N) is 2. The van der Waals surface area contributed by atoms with Crippen molar-refractivity contribution in [2.24, 2.45) is 12.5 Å². The topological polar surface area (TPSA) is 84.7 Å². The molecule has 22 heavy (non-hydrogen) atoms. The molecule has 0 fully saturated rings. The number of rotatable bonds is 3. The molecule has 0 aromatic carbocycles.